The molecule has 2 rings (SSSR count). The van der Waals surface area contributed by atoms with Crippen molar-refractivity contribution in [3.63, 3.8) is 0 Å². The van der Waals surface area contributed by atoms with Gasteiger partial charge in [0.2, 0.25) is 0 Å². The molecule has 0 heterocycles. The van der Waals surface area contributed by atoms with Crippen molar-refractivity contribution in [1.29, 1.82) is 0 Å². The van der Waals surface area contributed by atoms with E-state index in [1.165, 1.54) is 16.7 Å². The Kier molecular flexibility index (Phi) is 5.11. The molecule has 0 atom stereocenters. The molecule has 0 saturated carbocycles. The summed E-state index contributed by atoms with van der Waals surface area (Å²) in [7, 11) is 0. The van der Waals surface area contributed by atoms with Crippen molar-refractivity contribution >= 4 is 5.78 Å². The summed E-state index contributed by atoms with van der Waals surface area (Å²) in [5.41, 5.74) is 4.60. The van der Waals surface area contributed by atoms with E-state index in [0.29, 0.717) is 6.42 Å². The molecule has 0 unspecified atom stereocenters. The van der Waals surface area contributed by atoms with Gasteiger partial charge in [-0.2, -0.15) is 0 Å². The van der Waals surface area contributed by atoms with Gasteiger partial charge in [-0.25, -0.2) is 0 Å². The van der Waals surface area contributed by atoms with Gasteiger partial charge in [0.25, 0.3) is 0 Å². The third-order valence-corrected chi connectivity index (χ3v) is 3.55. The molecule has 0 aliphatic rings. The molecule has 104 valence electrons. The molecule has 0 aliphatic heterocycles. The molecule has 20 heavy (non-hydrogen) atoms. The number of rotatable bonds is 6. The summed E-state index contributed by atoms with van der Waals surface area (Å²) < 4.78 is 0. The highest BCUT2D eigenvalue weighted by Gasteiger charge is 2.06. The maximum atomic E-state index is 12.2. The highest BCUT2D eigenvalue weighted by molar-refractivity contribution is 5.96. The Morgan fingerprint density at radius 2 is 1.70 bits per heavy atom. The summed E-state index contributed by atoms with van der Waals surface area (Å²) >= 11 is 0. The molecule has 0 amide bonds. The molecule has 0 saturated heterocycles. The highest BCUT2D eigenvalue weighted by Crippen LogP contribution is 2.12. The van der Waals surface area contributed by atoms with Crippen LogP contribution in [-0.4, -0.2) is 5.78 Å². The van der Waals surface area contributed by atoms with Gasteiger partial charge in [-0.05, 0) is 37.0 Å². The Bertz CT molecular complexity index is 567. The van der Waals surface area contributed by atoms with E-state index in [9.17, 15) is 4.79 Å². The zero-order valence-corrected chi connectivity index (χ0v) is 12.4. The van der Waals surface area contributed by atoms with Gasteiger partial charge < -0.3 is 0 Å². The van der Waals surface area contributed by atoms with E-state index >= 15 is 0 Å². The van der Waals surface area contributed by atoms with Crippen LogP contribution in [0.15, 0.2) is 48.5 Å². The van der Waals surface area contributed by atoms with E-state index in [1.807, 2.05) is 18.2 Å². The second kappa shape index (κ2) is 7.04. The lowest BCUT2D eigenvalue weighted by Gasteiger charge is -2.05. The molecule has 1 heteroatoms. The van der Waals surface area contributed by atoms with Gasteiger partial charge in [-0.1, -0.05) is 61.4 Å². The van der Waals surface area contributed by atoms with Crippen LogP contribution in [0.5, 0.6) is 0 Å². The van der Waals surface area contributed by atoms with Crippen molar-refractivity contribution in [3.05, 3.63) is 70.8 Å². The minimum atomic E-state index is 0.239. The SMILES string of the molecule is CCCc1cccc(C(=O)CCc2ccc(C)cc2)c1. The smallest absolute Gasteiger partial charge is 0.163 e. The first kappa shape index (κ1) is 14.5. The van der Waals surface area contributed by atoms with Crippen LogP contribution in [0, 0.1) is 6.92 Å². The van der Waals surface area contributed by atoms with Crippen LogP contribution in [0.3, 0.4) is 0 Å². The normalized spacial score (nSPS) is 10.5. The topological polar surface area (TPSA) is 17.1 Å². The zero-order valence-electron chi connectivity index (χ0n) is 12.4. The van der Waals surface area contributed by atoms with Crippen LogP contribution in [0.25, 0.3) is 0 Å². The average molecular weight is 266 g/mol. The molecular weight excluding hydrogens is 244 g/mol. The van der Waals surface area contributed by atoms with Crippen molar-refractivity contribution in [1.82, 2.24) is 0 Å². The first-order valence-corrected chi connectivity index (χ1v) is 7.36. The number of carbonyl (C=O) groups excluding carboxylic acids is 1. The summed E-state index contributed by atoms with van der Waals surface area (Å²) in [5.74, 6) is 0.239. The highest BCUT2D eigenvalue weighted by atomic mass is 16.1. The predicted octanol–water partition coefficient (Wildman–Crippen LogP) is 4.76. The van der Waals surface area contributed by atoms with Crippen LogP contribution in [-0.2, 0) is 12.8 Å². The Hall–Kier alpha value is -1.89. The van der Waals surface area contributed by atoms with E-state index in [4.69, 9.17) is 0 Å². The van der Waals surface area contributed by atoms with E-state index < -0.39 is 0 Å². The van der Waals surface area contributed by atoms with Gasteiger partial charge in [0.15, 0.2) is 5.78 Å². The van der Waals surface area contributed by atoms with E-state index in [2.05, 4.69) is 44.2 Å². The number of carbonyl (C=O) groups is 1. The maximum Gasteiger partial charge on any atom is 0.163 e. The molecule has 2 aromatic rings. The Labute approximate surface area is 121 Å². The number of hydrogen-bond acceptors (Lipinski definition) is 1. The number of benzene rings is 2. The molecule has 0 radical (unpaired) electrons. The molecule has 0 fully saturated rings. The summed E-state index contributed by atoms with van der Waals surface area (Å²) in [6.45, 7) is 4.24. The van der Waals surface area contributed by atoms with Crippen LogP contribution >= 0.6 is 0 Å². The number of hydrogen-bond donors (Lipinski definition) is 0. The molecule has 0 N–H and O–H groups in total. The van der Waals surface area contributed by atoms with Crippen molar-refractivity contribution in [2.75, 3.05) is 0 Å². The van der Waals surface area contributed by atoms with Gasteiger partial charge in [0.05, 0.1) is 0 Å². The monoisotopic (exact) mass is 266 g/mol. The summed E-state index contributed by atoms with van der Waals surface area (Å²) in [6.07, 6.45) is 3.55. The minimum Gasteiger partial charge on any atom is -0.294 e. The first-order chi connectivity index (χ1) is 9.69. The fourth-order valence-corrected chi connectivity index (χ4v) is 2.35. The van der Waals surface area contributed by atoms with Crippen molar-refractivity contribution in [2.24, 2.45) is 0 Å². The minimum absolute atomic E-state index is 0.239. The van der Waals surface area contributed by atoms with Crippen LogP contribution in [0.2, 0.25) is 0 Å². The molecule has 1 nitrogen and oxygen atoms in total. The lowest BCUT2D eigenvalue weighted by atomic mass is 9.99. The lowest BCUT2D eigenvalue weighted by Crippen LogP contribution is -2.02. The maximum absolute atomic E-state index is 12.2. The van der Waals surface area contributed by atoms with Gasteiger partial charge in [0.1, 0.15) is 0 Å². The van der Waals surface area contributed by atoms with Gasteiger partial charge >= 0.3 is 0 Å². The molecule has 0 spiro atoms. The second-order valence-corrected chi connectivity index (χ2v) is 5.36. The van der Waals surface area contributed by atoms with Crippen molar-refractivity contribution in [2.45, 2.75) is 39.5 Å². The standard InChI is InChI=1S/C19H22O/c1-3-5-17-6-4-7-18(14-17)19(20)13-12-16-10-8-15(2)9-11-16/h4,6-11,14H,3,5,12-13H2,1-2H3. The molecular formula is C19H22O. The third kappa shape index (κ3) is 4.06. The Balaban J connectivity index is 1.97. The number of Topliss-reactive ketones (excluding diaryl/α,β-unsaturated/α-hetero) is 1. The summed E-state index contributed by atoms with van der Waals surface area (Å²) in [4.78, 5) is 12.2. The van der Waals surface area contributed by atoms with Crippen LogP contribution in [0.4, 0.5) is 0 Å². The third-order valence-electron chi connectivity index (χ3n) is 3.55. The Morgan fingerprint density at radius 1 is 0.950 bits per heavy atom. The number of ketones is 1. The number of aryl methyl sites for hydroxylation is 3. The summed E-state index contributed by atoms with van der Waals surface area (Å²) in [5, 5.41) is 0. The van der Waals surface area contributed by atoms with Crippen LogP contribution in [0.1, 0.15) is 46.8 Å². The lowest BCUT2D eigenvalue weighted by molar-refractivity contribution is 0.0982. The Morgan fingerprint density at radius 3 is 2.40 bits per heavy atom. The first-order valence-electron chi connectivity index (χ1n) is 7.36. The second-order valence-electron chi connectivity index (χ2n) is 5.36. The van der Waals surface area contributed by atoms with Crippen molar-refractivity contribution in [3.8, 4) is 0 Å². The van der Waals surface area contributed by atoms with Crippen molar-refractivity contribution < 1.29 is 4.79 Å². The molecule has 0 bridgehead atoms. The molecule has 2 aromatic carbocycles. The van der Waals surface area contributed by atoms with Gasteiger partial charge in [-0.3, -0.25) is 4.79 Å². The quantitative estimate of drug-likeness (QED) is 0.689. The van der Waals surface area contributed by atoms with E-state index in [0.717, 1.165) is 24.8 Å². The predicted molar refractivity (Wildman–Crippen MR) is 84.3 cm³/mol. The molecule has 0 aliphatic carbocycles. The fourth-order valence-electron chi connectivity index (χ4n) is 2.35. The van der Waals surface area contributed by atoms with E-state index in [-0.39, 0.29) is 5.78 Å². The zero-order chi connectivity index (χ0) is 14.4. The average Bonchev–Trinajstić information content (AvgIpc) is 2.47. The van der Waals surface area contributed by atoms with Gasteiger partial charge in [0, 0.05) is 12.0 Å². The fraction of sp³-hybridized carbons (Fsp3) is 0.316. The van der Waals surface area contributed by atoms with E-state index in [1.54, 1.807) is 0 Å². The molecule has 0 aromatic heterocycles. The van der Waals surface area contributed by atoms with Crippen LogP contribution < -0.4 is 0 Å². The summed E-state index contributed by atoms with van der Waals surface area (Å²) in [6, 6.07) is 16.5. The largest absolute Gasteiger partial charge is 0.294 e. The van der Waals surface area contributed by atoms with Gasteiger partial charge in [-0.15, -0.1) is 0 Å².